The minimum atomic E-state index is -0.0101. The smallest absolute Gasteiger partial charge is 0.186 e. The number of rotatable bonds is 1. The SMILES string of the molecule is O=c1cccc2c1ccc1oc3ccc4c(O)cccc4c3c(-c3ccccc3)c12. The van der Waals surface area contributed by atoms with Gasteiger partial charge < -0.3 is 9.52 Å². The topological polar surface area (TPSA) is 50.4 Å². The quantitative estimate of drug-likeness (QED) is 0.254. The Kier molecular flexibility index (Phi) is 3.47. The summed E-state index contributed by atoms with van der Waals surface area (Å²) in [4.78, 5) is 12.5. The minimum absolute atomic E-state index is 0.0101. The highest BCUT2D eigenvalue weighted by Crippen LogP contribution is 2.43. The highest BCUT2D eigenvalue weighted by molar-refractivity contribution is 6.24. The third kappa shape index (κ3) is 2.29. The first-order valence-corrected chi connectivity index (χ1v) is 9.81. The molecule has 3 nitrogen and oxygen atoms in total. The van der Waals surface area contributed by atoms with Crippen LogP contribution in [-0.2, 0) is 0 Å². The van der Waals surface area contributed by atoms with Crippen molar-refractivity contribution in [1.29, 1.82) is 0 Å². The summed E-state index contributed by atoms with van der Waals surface area (Å²) in [5, 5.41) is 15.5. The van der Waals surface area contributed by atoms with Crippen molar-refractivity contribution >= 4 is 43.5 Å². The Hall–Kier alpha value is -4.11. The maximum Gasteiger partial charge on any atom is 0.186 e. The van der Waals surface area contributed by atoms with E-state index in [1.54, 1.807) is 18.2 Å². The van der Waals surface area contributed by atoms with Crippen molar-refractivity contribution in [2.24, 2.45) is 0 Å². The van der Waals surface area contributed by atoms with E-state index in [9.17, 15) is 9.90 Å². The monoisotopic (exact) mass is 388 g/mol. The van der Waals surface area contributed by atoms with Gasteiger partial charge in [-0.1, -0.05) is 54.6 Å². The Bertz CT molecular complexity index is 1660. The molecule has 6 aromatic rings. The van der Waals surface area contributed by atoms with Crippen LogP contribution in [0.5, 0.6) is 5.75 Å². The van der Waals surface area contributed by atoms with E-state index in [0.717, 1.165) is 49.2 Å². The summed E-state index contributed by atoms with van der Waals surface area (Å²) < 4.78 is 6.32. The first-order chi connectivity index (χ1) is 14.7. The second kappa shape index (κ2) is 6.19. The summed E-state index contributed by atoms with van der Waals surface area (Å²) in [6.07, 6.45) is 0. The molecule has 1 N–H and O–H groups in total. The molecule has 0 bridgehead atoms. The number of benzene rings is 5. The zero-order chi connectivity index (χ0) is 20.2. The highest BCUT2D eigenvalue weighted by atomic mass is 16.3. The molecule has 142 valence electrons. The number of hydrogen-bond donors (Lipinski definition) is 1. The van der Waals surface area contributed by atoms with Crippen LogP contribution in [0.1, 0.15) is 0 Å². The predicted molar refractivity (Wildman–Crippen MR) is 122 cm³/mol. The van der Waals surface area contributed by atoms with Crippen LogP contribution in [0, 0.1) is 0 Å². The molecule has 0 atom stereocenters. The van der Waals surface area contributed by atoms with Crippen molar-refractivity contribution in [3.8, 4) is 16.9 Å². The Balaban J connectivity index is 1.99. The molecular formula is C27H16O3. The van der Waals surface area contributed by atoms with E-state index in [-0.39, 0.29) is 11.2 Å². The van der Waals surface area contributed by atoms with Gasteiger partial charge in [-0.15, -0.1) is 0 Å². The van der Waals surface area contributed by atoms with Gasteiger partial charge >= 0.3 is 0 Å². The van der Waals surface area contributed by atoms with Crippen LogP contribution < -0.4 is 5.43 Å². The van der Waals surface area contributed by atoms with Crippen molar-refractivity contribution in [1.82, 2.24) is 0 Å². The van der Waals surface area contributed by atoms with Crippen LogP contribution in [0.2, 0.25) is 0 Å². The summed E-state index contributed by atoms with van der Waals surface area (Å²) in [7, 11) is 0. The number of phenolic OH excluding ortho intramolecular Hbond substituents is 1. The minimum Gasteiger partial charge on any atom is -0.507 e. The standard InChI is InChI=1S/C27H16O3/c28-21-10-4-8-19-17(21)12-14-23-26(19)25(16-6-2-1-3-7-16)27-20-9-5-11-22(29)18(20)13-15-24(27)30-23/h1-15,28H. The van der Waals surface area contributed by atoms with Crippen LogP contribution >= 0.6 is 0 Å². The second-order valence-corrected chi connectivity index (χ2v) is 7.44. The van der Waals surface area contributed by atoms with Gasteiger partial charge in [0.1, 0.15) is 16.9 Å². The van der Waals surface area contributed by atoms with Gasteiger partial charge in [-0.2, -0.15) is 0 Å². The van der Waals surface area contributed by atoms with Gasteiger partial charge in [0.05, 0.1) is 0 Å². The summed E-state index contributed by atoms with van der Waals surface area (Å²) in [5.41, 5.74) is 3.47. The molecule has 0 aliphatic heterocycles. The maximum absolute atomic E-state index is 12.5. The average molecular weight is 388 g/mol. The zero-order valence-corrected chi connectivity index (χ0v) is 15.9. The molecule has 0 saturated carbocycles. The van der Waals surface area contributed by atoms with Gasteiger partial charge in [-0.25, -0.2) is 0 Å². The van der Waals surface area contributed by atoms with E-state index in [2.05, 4.69) is 12.1 Å². The lowest BCUT2D eigenvalue weighted by molar-refractivity contribution is 0.481. The lowest BCUT2D eigenvalue weighted by Gasteiger charge is -2.15. The van der Waals surface area contributed by atoms with Crippen LogP contribution in [-0.4, -0.2) is 5.11 Å². The summed E-state index contributed by atoms with van der Waals surface area (Å²) in [6.45, 7) is 0. The van der Waals surface area contributed by atoms with Gasteiger partial charge in [0.25, 0.3) is 0 Å². The third-order valence-corrected chi connectivity index (χ3v) is 5.77. The van der Waals surface area contributed by atoms with Gasteiger partial charge in [-0.3, -0.25) is 4.79 Å². The Morgan fingerprint density at radius 1 is 0.567 bits per heavy atom. The molecule has 1 heterocycles. The van der Waals surface area contributed by atoms with Gasteiger partial charge in [0.2, 0.25) is 0 Å². The molecule has 0 spiro atoms. The van der Waals surface area contributed by atoms with E-state index < -0.39 is 0 Å². The summed E-state index contributed by atoms with van der Waals surface area (Å²) >= 11 is 0. The Morgan fingerprint density at radius 2 is 1.20 bits per heavy atom. The van der Waals surface area contributed by atoms with E-state index >= 15 is 0 Å². The fraction of sp³-hybridized carbons (Fsp3) is 0. The van der Waals surface area contributed by atoms with Crippen molar-refractivity contribution < 1.29 is 9.52 Å². The van der Waals surface area contributed by atoms with Crippen molar-refractivity contribution in [2.75, 3.05) is 0 Å². The first-order valence-electron chi connectivity index (χ1n) is 9.81. The summed E-state index contributed by atoms with van der Waals surface area (Å²) in [5.74, 6) is 0.230. The van der Waals surface area contributed by atoms with Crippen LogP contribution in [0.3, 0.4) is 0 Å². The lowest BCUT2D eigenvalue weighted by atomic mass is 9.91. The van der Waals surface area contributed by atoms with Gasteiger partial charge in [0.15, 0.2) is 5.43 Å². The molecule has 0 aliphatic carbocycles. The van der Waals surface area contributed by atoms with Gasteiger partial charge in [0, 0.05) is 27.1 Å². The number of phenols is 1. The molecule has 5 aromatic carbocycles. The molecule has 0 amide bonds. The molecule has 0 aliphatic rings. The largest absolute Gasteiger partial charge is 0.507 e. The van der Waals surface area contributed by atoms with E-state index in [4.69, 9.17) is 4.42 Å². The number of fused-ring (bicyclic) bond motifs is 6. The maximum atomic E-state index is 12.5. The second-order valence-electron chi connectivity index (χ2n) is 7.44. The van der Waals surface area contributed by atoms with Crippen molar-refractivity contribution in [3.63, 3.8) is 0 Å². The van der Waals surface area contributed by atoms with Crippen molar-refractivity contribution in [3.05, 3.63) is 101 Å². The fourth-order valence-electron chi connectivity index (χ4n) is 4.45. The molecule has 0 radical (unpaired) electrons. The first kappa shape index (κ1) is 16.8. The van der Waals surface area contributed by atoms with E-state index in [1.165, 1.54) is 0 Å². The van der Waals surface area contributed by atoms with Crippen LogP contribution in [0.15, 0.2) is 100 Å². The molecule has 0 unspecified atom stereocenters. The highest BCUT2D eigenvalue weighted by Gasteiger charge is 2.18. The van der Waals surface area contributed by atoms with Crippen LogP contribution in [0.4, 0.5) is 0 Å². The van der Waals surface area contributed by atoms with Crippen LogP contribution in [0.25, 0.3) is 54.6 Å². The molecule has 30 heavy (non-hydrogen) atoms. The molecule has 3 heteroatoms. The Labute approximate surface area is 171 Å². The van der Waals surface area contributed by atoms with E-state index in [0.29, 0.717) is 5.39 Å². The fourth-order valence-corrected chi connectivity index (χ4v) is 4.45. The zero-order valence-electron chi connectivity index (χ0n) is 15.9. The van der Waals surface area contributed by atoms with E-state index in [1.807, 2.05) is 60.7 Å². The molecular weight excluding hydrogens is 372 g/mol. The number of aromatic hydroxyl groups is 1. The summed E-state index contributed by atoms with van der Waals surface area (Å²) in [6, 6.07) is 28.5. The molecule has 0 saturated heterocycles. The molecule has 6 rings (SSSR count). The lowest BCUT2D eigenvalue weighted by Crippen LogP contribution is -1.98. The average Bonchev–Trinajstić information content (AvgIpc) is 2.78. The predicted octanol–water partition coefficient (Wildman–Crippen LogP) is 6.63. The molecule has 0 fully saturated rings. The normalized spacial score (nSPS) is 11.6. The molecule has 1 aromatic heterocycles. The number of hydrogen-bond acceptors (Lipinski definition) is 3. The van der Waals surface area contributed by atoms with Crippen molar-refractivity contribution in [2.45, 2.75) is 0 Å². The Morgan fingerprint density at radius 3 is 1.93 bits per heavy atom. The van der Waals surface area contributed by atoms with Gasteiger partial charge in [-0.05, 0) is 52.7 Å². The third-order valence-electron chi connectivity index (χ3n) is 5.77.